The molecule has 1 N–H and O–H groups in total. The second kappa shape index (κ2) is 5.34. The molecule has 0 bridgehead atoms. The lowest BCUT2D eigenvalue weighted by Crippen LogP contribution is -2.42. The van der Waals surface area contributed by atoms with Gasteiger partial charge in [0.15, 0.2) is 6.10 Å². The van der Waals surface area contributed by atoms with E-state index in [2.05, 4.69) is 16.0 Å². The van der Waals surface area contributed by atoms with Crippen molar-refractivity contribution in [2.75, 3.05) is 24.6 Å². The van der Waals surface area contributed by atoms with Crippen LogP contribution in [-0.4, -0.2) is 46.8 Å². The number of ether oxygens (including phenoxy) is 1. The fourth-order valence-electron chi connectivity index (χ4n) is 2.35. The lowest BCUT2D eigenvalue weighted by atomic mass is 10.1. The van der Waals surface area contributed by atoms with Gasteiger partial charge in [-0.1, -0.05) is 0 Å². The van der Waals surface area contributed by atoms with Crippen LogP contribution >= 0.6 is 0 Å². The number of aromatic carboxylic acids is 1. The van der Waals surface area contributed by atoms with E-state index < -0.39 is 12.1 Å². The Morgan fingerprint density at radius 2 is 2.33 bits per heavy atom. The predicted octanol–water partition coefficient (Wildman–Crippen LogP) is 1.06. The molecule has 7 nitrogen and oxygen atoms in total. The van der Waals surface area contributed by atoms with Crippen LogP contribution in [0.4, 0.5) is 5.82 Å². The fourth-order valence-corrected chi connectivity index (χ4v) is 2.35. The Morgan fingerprint density at radius 3 is 3.10 bits per heavy atom. The van der Waals surface area contributed by atoms with Gasteiger partial charge in [-0.25, -0.2) is 14.8 Å². The van der Waals surface area contributed by atoms with Crippen molar-refractivity contribution in [2.45, 2.75) is 6.10 Å². The summed E-state index contributed by atoms with van der Waals surface area (Å²) in [7, 11) is 0. The molecular weight excluding hydrogens is 272 g/mol. The third-order valence-electron chi connectivity index (χ3n) is 3.37. The van der Waals surface area contributed by atoms with E-state index in [0.29, 0.717) is 31.0 Å². The number of rotatable bonds is 2. The van der Waals surface area contributed by atoms with Crippen LogP contribution in [0.1, 0.15) is 10.4 Å². The number of hydrogen-bond donors (Lipinski definition) is 1. The summed E-state index contributed by atoms with van der Waals surface area (Å²) in [5.74, 6) is -0.298. The van der Waals surface area contributed by atoms with E-state index in [0.717, 1.165) is 5.39 Å². The van der Waals surface area contributed by atoms with Gasteiger partial charge in [0.1, 0.15) is 12.1 Å². The van der Waals surface area contributed by atoms with Crippen molar-refractivity contribution in [2.24, 2.45) is 0 Å². The maximum absolute atomic E-state index is 11.0. The van der Waals surface area contributed by atoms with Gasteiger partial charge in [0.25, 0.3) is 0 Å². The van der Waals surface area contributed by atoms with Gasteiger partial charge in [-0.2, -0.15) is 5.26 Å². The number of anilines is 1. The van der Waals surface area contributed by atoms with Gasteiger partial charge >= 0.3 is 5.97 Å². The van der Waals surface area contributed by atoms with Crippen LogP contribution in [-0.2, 0) is 4.74 Å². The highest BCUT2D eigenvalue weighted by Crippen LogP contribution is 2.25. The summed E-state index contributed by atoms with van der Waals surface area (Å²) in [6, 6.07) is 6.84. The smallest absolute Gasteiger partial charge is 0.335 e. The van der Waals surface area contributed by atoms with Gasteiger partial charge in [0, 0.05) is 11.9 Å². The Labute approximate surface area is 120 Å². The van der Waals surface area contributed by atoms with Crippen LogP contribution < -0.4 is 4.90 Å². The summed E-state index contributed by atoms with van der Waals surface area (Å²) in [6.45, 7) is 1.52. The molecule has 7 heteroatoms. The van der Waals surface area contributed by atoms with Crippen LogP contribution in [0.5, 0.6) is 0 Å². The molecule has 1 saturated heterocycles. The van der Waals surface area contributed by atoms with Crippen molar-refractivity contribution in [3.63, 3.8) is 0 Å². The number of nitrogens with zero attached hydrogens (tertiary/aromatic N) is 4. The lowest BCUT2D eigenvalue weighted by Gasteiger charge is -2.31. The molecule has 0 spiro atoms. The minimum atomic E-state index is -0.993. The number of nitriles is 1. The number of morpholine rings is 1. The summed E-state index contributed by atoms with van der Waals surface area (Å²) in [6.07, 6.45) is 0.919. The summed E-state index contributed by atoms with van der Waals surface area (Å²) in [5.41, 5.74) is 0.754. The van der Waals surface area contributed by atoms with Crippen molar-refractivity contribution in [3.05, 3.63) is 30.1 Å². The number of carboxylic acids is 1. The van der Waals surface area contributed by atoms with Crippen LogP contribution in [0, 0.1) is 11.3 Å². The molecule has 0 saturated carbocycles. The summed E-state index contributed by atoms with van der Waals surface area (Å²) >= 11 is 0. The highest BCUT2D eigenvalue weighted by molar-refractivity contribution is 5.96. The van der Waals surface area contributed by atoms with Crippen LogP contribution in [0.3, 0.4) is 0 Å². The lowest BCUT2D eigenvalue weighted by molar-refractivity contribution is 0.0697. The highest BCUT2D eigenvalue weighted by atomic mass is 16.5. The van der Waals surface area contributed by atoms with E-state index in [9.17, 15) is 4.79 Å². The molecule has 1 aromatic heterocycles. The minimum absolute atomic E-state index is 0.184. The molecule has 2 aromatic rings. The zero-order chi connectivity index (χ0) is 14.8. The van der Waals surface area contributed by atoms with Crippen molar-refractivity contribution in [1.82, 2.24) is 9.97 Å². The Hall–Kier alpha value is -2.72. The number of fused-ring (bicyclic) bond motifs is 1. The van der Waals surface area contributed by atoms with Gasteiger partial charge in [-0.05, 0) is 18.2 Å². The van der Waals surface area contributed by atoms with Crippen LogP contribution in [0.15, 0.2) is 24.5 Å². The normalized spacial score (nSPS) is 18.4. The van der Waals surface area contributed by atoms with E-state index in [1.165, 1.54) is 18.5 Å². The van der Waals surface area contributed by atoms with Crippen LogP contribution in [0.25, 0.3) is 10.9 Å². The first-order chi connectivity index (χ1) is 10.2. The molecule has 1 unspecified atom stereocenters. The molecule has 1 atom stereocenters. The molecule has 1 aliphatic heterocycles. The maximum atomic E-state index is 11.0. The van der Waals surface area contributed by atoms with Gasteiger partial charge < -0.3 is 14.7 Å². The number of hydrogen-bond acceptors (Lipinski definition) is 6. The number of carboxylic acid groups (broad SMARTS) is 1. The Bertz CT molecular complexity index is 741. The average Bonchev–Trinajstić information content (AvgIpc) is 2.53. The van der Waals surface area contributed by atoms with E-state index in [1.807, 2.05) is 4.90 Å². The van der Waals surface area contributed by atoms with Gasteiger partial charge in [-0.3, -0.25) is 0 Å². The van der Waals surface area contributed by atoms with E-state index in [4.69, 9.17) is 15.1 Å². The van der Waals surface area contributed by atoms with Gasteiger partial charge in [0.05, 0.1) is 30.3 Å². The van der Waals surface area contributed by atoms with Crippen molar-refractivity contribution >= 4 is 22.7 Å². The van der Waals surface area contributed by atoms with E-state index >= 15 is 0 Å². The molecule has 2 heterocycles. The third-order valence-corrected chi connectivity index (χ3v) is 3.37. The molecule has 1 aliphatic rings. The molecular formula is C14H12N4O3. The second-order valence-corrected chi connectivity index (χ2v) is 4.67. The molecule has 106 valence electrons. The van der Waals surface area contributed by atoms with Crippen molar-refractivity contribution in [3.8, 4) is 6.07 Å². The van der Waals surface area contributed by atoms with Crippen molar-refractivity contribution < 1.29 is 14.6 Å². The topological polar surface area (TPSA) is 99.3 Å². The Balaban J connectivity index is 2.03. The standard InChI is InChI=1S/C14H12N4O3/c15-6-10-7-18(3-4-21-10)13-11-2-1-9(14(19)20)5-12(11)16-8-17-13/h1-2,5,8,10H,3-4,7H2,(H,19,20). The molecule has 21 heavy (non-hydrogen) atoms. The highest BCUT2D eigenvalue weighted by Gasteiger charge is 2.22. The molecule has 1 fully saturated rings. The molecule has 1 aromatic carbocycles. The van der Waals surface area contributed by atoms with E-state index in [1.54, 1.807) is 6.07 Å². The first-order valence-electron chi connectivity index (χ1n) is 6.43. The van der Waals surface area contributed by atoms with Crippen molar-refractivity contribution in [1.29, 1.82) is 5.26 Å². The monoisotopic (exact) mass is 284 g/mol. The zero-order valence-corrected chi connectivity index (χ0v) is 11.1. The molecule has 0 aliphatic carbocycles. The van der Waals surface area contributed by atoms with Gasteiger partial charge in [-0.15, -0.1) is 0 Å². The second-order valence-electron chi connectivity index (χ2n) is 4.67. The molecule has 0 amide bonds. The molecule has 3 rings (SSSR count). The Kier molecular flexibility index (Phi) is 3.38. The summed E-state index contributed by atoms with van der Waals surface area (Å²) < 4.78 is 5.32. The third kappa shape index (κ3) is 2.49. The predicted molar refractivity (Wildman–Crippen MR) is 74.1 cm³/mol. The van der Waals surface area contributed by atoms with Crippen LogP contribution in [0.2, 0.25) is 0 Å². The van der Waals surface area contributed by atoms with E-state index in [-0.39, 0.29) is 5.56 Å². The number of benzene rings is 1. The molecule has 0 radical (unpaired) electrons. The SMILES string of the molecule is N#CC1CN(c2ncnc3cc(C(=O)O)ccc23)CCO1. The largest absolute Gasteiger partial charge is 0.478 e. The number of aromatic nitrogens is 2. The average molecular weight is 284 g/mol. The zero-order valence-electron chi connectivity index (χ0n) is 11.1. The summed E-state index contributed by atoms with van der Waals surface area (Å²) in [4.78, 5) is 21.4. The summed E-state index contributed by atoms with van der Waals surface area (Å²) in [5, 5.41) is 18.8. The maximum Gasteiger partial charge on any atom is 0.335 e. The quantitative estimate of drug-likeness (QED) is 0.880. The fraction of sp³-hybridized carbons (Fsp3) is 0.286. The first-order valence-corrected chi connectivity index (χ1v) is 6.43. The number of carbonyl (C=O) groups is 1. The minimum Gasteiger partial charge on any atom is -0.478 e. The first kappa shape index (κ1) is 13.3. The van der Waals surface area contributed by atoms with Gasteiger partial charge in [0.2, 0.25) is 0 Å². The Morgan fingerprint density at radius 1 is 1.48 bits per heavy atom.